The minimum atomic E-state index is -0.348. The van der Waals surface area contributed by atoms with E-state index in [0.29, 0.717) is 11.5 Å². The molecule has 0 amide bonds. The third kappa shape index (κ3) is 2.84. The Hall–Kier alpha value is -3.21. The molecule has 0 radical (unpaired) electrons. The lowest BCUT2D eigenvalue weighted by Crippen LogP contribution is -1.96. The Labute approximate surface area is 137 Å². The van der Waals surface area contributed by atoms with Gasteiger partial charge in [-0.15, -0.1) is 10.2 Å². The Bertz CT molecular complexity index is 992. The highest BCUT2D eigenvalue weighted by atomic mass is 19.1. The van der Waals surface area contributed by atoms with Gasteiger partial charge in [0.15, 0.2) is 6.61 Å². The molecule has 4 nitrogen and oxygen atoms in total. The fraction of sp³-hybridized carbons (Fsp3) is 0.0526. The number of benzene rings is 3. The van der Waals surface area contributed by atoms with Crippen molar-refractivity contribution in [2.45, 2.75) is 6.61 Å². The lowest BCUT2D eigenvalue weighted by Gasteiger charge is -2.07. The molecule has 3 aromatic carbocycles. The first kappa shape index (κ1) is 14.4. The minimum Gasteiger partial charge on any atom is -0.483 e. The molecule has 0 aliphatic rings. The largest absolute Gasteiger partial charge is 0.483 e. The highest BCUT2D eigenvalue weighted by Crippen LogP contribution is 2.26. The zero-order chi connectivity index (χ0) is 16.4. The summed E-state index contributed by atoms with van der Waals surface area (Å²) in [7, 11) is 0. The molecule has 0 aliphatic heterocycles. The molecule has 0 fully saturated rings. The van der Waals surface area contributed by atoms with Gasteiger partial charge < -0.3 is 9.15 Å². The quantitative estimate of drug-likeness (QED) is 0.551. The second kappa shape index (κ2) is 6.12. The van der Waals surface area contributed by atoms with E-state index >= 15 is 0 Å². The van der Waals surface area contributed by atoms with Crippen LogP contribution in [0.5, 0.6) is 5.75 Å². The fourth-order valence-corrected chi connectivity index (χ4v) is 2.51. The van der Waals surface area contributed by atoms with E-state index in [2.05, 4.69) is 10.2 Å². The topological polar surface area (TPSA) is 48.2 Å². The normalized spacial score (nSPS) is 10.9. The third-order valence-electron chi connectivity index (χ3n) is 3.64. The van der Waals surface area contributed by atoms with Crippen LogP contribution in [0.2, 0.25) is 0 Å². The van der Waals surface area contributed by atoms with E-state index in [1.165, 1.54) is 12.1 Å². The molecule has 0 spiro atoms. The fourth-order valence-electron chi connectivity index (χ4n) is 2.51. The molecular weight excluding hydrogens is 307 g/mol. The molecule has 0 N–H and O–H groups in total. The lowest BCUT2D eigenvalue weighted by atomic mass is 10.1. The predicted octanol–water partition coefficient (Wildman–Crippen LogP) is 4.61. The van der Waals surface area contributed by atoms with Crippen molar-refractivity contribution in [3.8, 4) is 17.2 Å². The van der Waals surface area contributed by atoms with Crippen molar-refractivity contribution in [2.24, 2.45) is 0 Å². The van der Waals surface area contributed by atoms with Gasteiger partial charge in [0.25, 0.3) is 5.89 Å². The van der Waals surface area contributed by atoms with Gasteiger partial charge in [0.1, 0.15) is 11.6 Å². The van der Waals surface area contributed by atoms with Gasteiger partial charge in [-0.25, -0.2) is 4.39 Å². The second-order valence-corrected chi connectivity index (χ2v) is 5.28. The molecule has 5 heteroatoms. The number of aromatic nitrogens is 2. The molecule has 0 atom stereocenters. The van der Waals surface area contributed by atoms with E-state index in [1.807, 2.05) is 42.5 Å². The zero-order valence-electron chi connectivity index (χ0n) is 12.6. The average Bonchev–Trinajstić information content (AvgIpc) is 3.09. The summed E-state index contributed by atoms with van der Waals surface area (Å²) >= 11 is 0. The summed E-state index contributed by atoms with van der Waals surface area (Å²) in [4.78, 5) is 0. The first-order valence-electron chi connectivity index (χ1n) is 7.48. The van der Waals surface area contributed by atoms with E-state index < -0.39 is 0 Å². The molecule has 4 rings (SSSR count). The van der Waals surface area contributed by atoms with Crippen LogP contribution >= 0.6 is 0 Å². The zero-order valence-corrected chi connectivity index (χ0v) is 12.6. The van der Waals surface area contributed by atoms with Crippen molar-refractivity contribution < 1.29 is 13.5 Å². The van der Waals surface area contributed by atoms with Crippen LogP contribution in [-0.4, -0.2) is 10.2 Å². The van der Waals surface area contributed by atoms with E-state index in [1.54, 1.807) is 12.1 Å². The summed E-state index contributed by atoms with van der Waals surface area (Å²) < 4.78 is 24.6. The summed E-state index contributed by atoms with van der Waals surface area (Å²) in [6, 6.07) is 19.8. The highest BCUT2D eigenvalue weighted by Gasteiger charge is 2.10. The smallest absolute Gasteiger partial charge is 0.254 e. The maximum atomic E-state index is 13.3. The molecule has 0 unspecified atom stereocenters. The van der Waals surface area contributed by atoms with Gasteiger partial charge in [0.05, 0.1) is 0 Å². The lowest BCUT2D eigenvalue weighted by molar-refractivity contribution is 0.267. The Balaban J connectivity index is 1.54. The van der Waals surface area contributed by atoms with E-state index in [0.717, 1.165) is 16.5 Å². The minimum absolute atomic E-state index is 0.149. The van der Waals surface area contributed by atoms with Crippen molar-refractivity contribution in [1.29, 1.82) is 0 Å². The molecular formula is C19H13FN2O2. The summed E-state index contributed by atoms with van der Waals surface area (Å²) in [5.41, 5.74) is 0.541. The van der Waals surface area contributed by atoms with Gasteiger partial charge in [-0.2, -0.15) is 0 Å². The number of hydrogen-bond donors (Lipinski definition) is 0. The summed E-state index contributed by atoms with van der Waals surface area (Å²) in [6.45, 7) is 0.149. The molecule has 1 heterocycles. The molecule has 24 heavy (non-hydrogen) atoms. The second-order valence-electron chi connectivity index (χ2n) is 5.28. The molecule has 0 saturated carbocycles. The first-order chi connectivity index (χ1) is 11.8. The van der Waals surface area contributed by atoms with Crippen LogP contribution in [0, 0.1) is 5.82 Å². The van der Waals surface area contributed by atoms with Crippen LogP contribution in [0.25, 0.3) is 22.2 Å². The number of rotatable bonds is 4. The molecule has 4 aromatic rings. The van der Waals surface area contributed by atoms with Crippen LogP contribution in [0.3, 0.4) is 0 Å². The van der Waals surface area contributed by atoms with E-state index in [-0.39, 0.29) is 18.3 Å². The van der Waals surface area contributed by atoms with Gasteiger partial charge >= 0.3 is 0 Å². The molecule has 0 bridgehead atoms. The Morgan fingerprint density at radius 2 is 1.75 bits per heavy atom. The van der Waals surface area contributed by atoms with Crippen molar-refractivity contribution in [3.63, 3.8) is 0 Å². The van der Waals surface area contributed by atoms with Crippen LogP contribution < -0.4 is 4.74 Å². The third-order valence-corrected chi connectivity index (χ3v) is 3.64. The predicted molar refractivity (Wildman–Crippen MR) is 88.0 cm³/mol. The number of nitrogens with zero attached hydrogens (tertiary/aromatic N) is 2. The maximum absolute atomic E-state index is 13.3. The van der Waals surface area contributed by atoms with Gasteiger partial charge in [-0.05, 0) is 29.7 Å². The van der Waals surface area contributed by atoms with Gasteiger partial charge in [-0.1, -0.05) is 42.5 Å². The highest BCUT2D eigenvalue weighted by molar-refractivity contribution is 5.88. The van der Waals surface area contributed by atoms with Gasteiger partial charge in [-0.3, -0.25) is 0 Å². The van der Waals surface area contributed by atoms with Crippen molar-refractivity contribution in [1.82, 2.24) is 10.2 Å². The number of halogens is 1. The average molecular weight is 320 g/mol. The van der Waals surface area contributed by atoms with Crippen LogP contribution in [0.1, 0.15) is 5.89 Å². The molecule has 1 aromatic heterocycles. The van der Waals surface area contributed by atoms with Crippen molar-refractivity contribution in [3.05, 3.63) is 78.4 Å². The van der Waals surface area contributed by atoms with E-state index in [4.69, 9.17) is 9.15 Å². The molecule has 0 saturated heterocycles. The standard InChI is InChI=1S/C19H13FN2O2/c20-15-8-3-7-14(11-15)19-22-21-18(24-19)12-23-17-10-4-6-13-5-1-2-9-16(13)17/h1-11H,12H2. The summed E-state index contributed by atoms with van der Waals surface area (Å²) in [5.74, 6) is 1.01. The van der Waals surface area contributed by atoms with Crippen LogP contribution in [0.15, 0.2) is 71.1 Å². The molecule has 118 valence electrons. The molecule has 0 aliphatic carbocycles. The van der Waals surface area contributed by atoms with Crippen LogP contribution in [-0.2, 0) is 6.61 Å². The Morgan fingerprint density at radius 1 is 0.917 bits per heavy atom. The van der Waals surface area contributed by atoms with Crippen molar-refractivity contribution in [2.75, 3.05) is 0 Å². The SMILES string of the molecule is Fc1cccc(-c2nnc(COc3cccc4ccccc34)o2)c1. The van der Waals surface area contributed by atoms with Gasteiger partial charge in [0, 0.05) is 10.9 Å². The Morgan fingerprint density at radius 3 is 2.67 bits per heavy atom. The monoisotopic (exact) mass is 320 g/mol. The Kier molecular flexibility index (Phi) is 3.67. The van der Waals surface area contributed by atoms with Crippen molar-refractivity contribution >= 4 is 10.8 Å². The number of hydrogen-bond acceptors (Lipinski definition) is 4. The summed E-state index contributed by atoms with van der Waals surface area (Å²) in [5, 5.41) is 10.0. The summed E-state index contributed by atoms with van der Waals surface area (Å²) in [6.07, 6.45) is 0. The van der Waals surface area contributed by atoms with E-state index in [9.17, 15) is 4.39 Å². The number of ether oxygens (including phenoxy) is 1. The number of fused-ring (bicyclic) bond motifs is 1. The first-order valence-corrected chi connectivity index (χ1v) is 7.48. The van der Waals surface area contributed by atoms with Crippen LogP contribution in [0.4, 0.5) is 4.39 Å². The maximum Gasteiger partial charge on any atom is 0.254 e. The van der Waals surface area contributed by atoms with Gasteiger partial charge in [0.2, 0.25) is 5.89 Å².